The summed E-state index contributed by atoms with van der Waals surface area (Å²) in [5, 5.41) is 2.10. The molecule has 1 aromatic heterocycles. The highest BCUT2D eigenvalue weighted by atomic mass is 79.9. The lowest BCUT2D eigenvalue weighted by Crippen LogP contribution is -2.39. The number of rotatable bonds is 2. The summed E-state index contributed by atoms with van der Waals surface area (Å²) in [6.45, 7) is 1.67. The first kappa shape index (κ1) is 13.6. The molecular formula is C16H17BrN2O. The number of carbonyl (C=O) groups is 1. The van der Waals surface area contributed by atoms with Gasteiger partial charge < -0.3 is 4.90 Å². The Hall–Kier alpha value is -1.42. The number of likely N-dealkylation sites (tertiary alicyclic amines) is 1. The second kappa shape index (κ2) is 5.92. The summed E-state index contributed by atoms with van der Waals surface area (Å²) in [6, 6.07) is 11.7. The van der Waals surface area contributed by atoms with Crippen LogP contribution in [0.4, 0.5) is 0 Å². The van der Waals surface area contributed by atoms with Crippen LogP contribution in [-0.2, 0) is 0 Å². The van der Waals surface area contributed by atoms with E-state index in [9.17, 15) is 4.79 Å². The molecule has 1 aliphatic rings. The standard InChI is InChI=1S/C16H17BrN2O/c17-11-12-7-9-19(10-8-12)16(20)15-6-5-13-3-1-2-4-14(13)18-15/h1-6,12H,7-11H2. The molecule has 0 radical (unpaired) electrons. The highest BCUT2D eigenvalue weighted by molar-refractivity contribution is 9.09. The predicted molar refractivity (Wildman–Crippen MR) is 84.2 cm³/mol. The molecule has 1 saturated heterocycles. The Morgan fingerprint density at radius 1 is 1.20 bits per heavy atom. The fourth-order valence-electron chi connectivity index (χ4n) is 2.64. The van der Waals surface area contributed by atoms with Crippen molar-refractivity contribution in [3.63, 3.8) is 0 Å². The molecular weight excluding hydrogens is 316 g/mol. The van der Waals surface area contributed by atoms with Gasteiger partial charge in [0.1, 0.15) is 5.69 Å². The third kappa shape index (κ3) is 2.70. The van der Waals surface area contributed by atoms with Gasteiger partial charge in [-0.2, -0.15) is 0 Å². The lowest BCUT2D eigenvalue weighted by atomic mass is 9.99. The van der Waals surface area contributed by atoms with E-state index in [4.69, 9.17) is 0 Å². The number of hydrogen-bond acceptors (Lipinski definition) is 2. The van der Waals surface area contributed by atoms with E-state index in [1.165, 1.54) is 0 Å². The number of alkyl halides is 1. The largest absolute Gasteiger partial charge is 0.337 e. The lowest BCUT2D eigenvalue weighted by molar-refractivity contribution is 0.0693. The van der Waals surface area contributed by atoms with Crippen LogP contribution in [0.25, 0.3) is 10.9 Å². The van der Waals surface area contributed by atoms with Crippen molar-refractivity contribution in [1.82, 2.24) is 9.88 Å². The van der Waals surface area contributed by atoms with Gasteiger partial charge in [0.05, 0.1) is 5.52 Å². The zero-order valence-corrected chi connectivity index (χ0v) is 12.8. The fraction of sp³-hybridized carbons (Fsp3) is 0.375. The van der Waals surface area contributed by atoms with E-state index in [2.05, 4.69) is 20.9 Å². The van der Waals surface area contributed by atoms with Crippen molar-refractivity contribution in [2.45, 2.75) is 12.8 Å². The van der Waals surface area contributed by atoms with Crippen LogP contribution in [-0.4, -0.2) is 34.2 Å². The minimum Gasteiger partial charge on any atom is -0.337 e. The summed E-state index contributed by atoms with van der Waals surface area (Å²) in [6.07, 6.45) is 2.15. The maximum atomic E-state index is 12.5. The monoisotopic (exact) mass is 332 g/mol. The quantitative estimate of drug-likeness (QED) is 0.789. The molecule has 0 saturated carbocycles. The average Bonchev–Trinajstić information content (AvgIpc) is 2.54. The minimum atomic E-state index is 0.0591. The van der Waals surface area contributed by atoms with Gasteiger partial charge in [-0.15, -0.1) is 0 Å². The molecule has 104 valence electrons. The number of piperidine rings is 1. The van der Waals surface area contributed by atoms with Crippen molar-refractivity contribution in [3.05, 3.63) is 42.1 Å². The number of halogens is 1. The van der Waals surface area contributed by atoms with Crippen molar-refractivity contribution in [3.8, 4) is 0 Å². The van der Waals surface area contributed by atoms with Gasteiger partial charge in [-0.05, 0) is 30.9 Å². The first-order valence-electron chi connectivity index (χ1n) is 6.99. The normalized spacial score (nSPS) is 16.6. The fourth-order valence-corrected chi connectivity index (χ4v) is 3.28. The maximum Gasteiger partial charge on any atom is 0.272 e. The molecule has 1 amide bonds. The zero-order valence-electron chi connectivity index (χ0n) is 11.3. The molecule has 2 aromatic rings. The number of amides is 1. The molecule has 1 aliphatic heterocycles. The van der Waals surface area contributed by atoms with Gasteiger partial charge in [0.15, 0.2) is 0 Å². The van der Waals surface area contributed by atoms with Crippen LogP contribution >= 0.6 is 15.9 Å². The Morgan fingerprint density at radius 3 is 2.70 bits per heavy atom. The Labute approximate surface area is 127 Å². The van der Waals surface area contributed by atoms with Crippen LogP contribution in [0.1, 0.15) is 23.3 Å². The molecule has 4 heteroatoms. The average molecular weight is 333 g/mol. The predicted octanol–water partition coefficient (Wildman–Crippen LogP) is 3.48. The molecule has 3 nitrogen and oxygen atoms in total. The van der Waals surface area contributed by atoms with Crippen LogP contribution in [0.15, 0.2) is 36.4 Å². The Kier molecular flexibility index (Phi) is 4.01. The number of para-hydroxylation sites is 1. The number of benzene rings is 1. The van der Waals surface area contributed by atoms with E-state index in [1.807, 2.05) is 41.3 Å². The van der Waals surface area contributed by atoms with Crippen molar-refractivity contribution in [2.24, 2.45) is 5.92 Å². The zero-order chi connectivity index (χ0) is 13.9. The van der Waals surface area contributed by atoms with Crippen LogP contribution in [0.5, 0.6) is 0 Å². The van der Waals surface area contributed by atoms with Crippen molar-refractivity contribution < 1.29 is 4.79 Å². The van der Waals surface area contributed by atoms with E-state index >= 15 is 0 Å². The molecule has 0 spiro atoms. The Bertz CT molecular complexity index is 621. The first-order valence-corrected chi connectivity index (χ1v) is 8.11. The molecule has 20 heavy (non-hydrogen) atoms. The SMILES string of the molecule is O=C(c1ccc2ccccc2n1)N1CCC(CBr)CC1. The summed E-state index contributed by atoms with van der Waals surface area (Å²) < 4.78 is 0. The van der Waals surface area contributed by atoms with E-state index in [1.54, 1.807) is 0 Å². The van der Waals surface area contributed by atoms with Gasteiger partial charge in [-0.25, -0.2) is 4.98 Å². The molecule has 0 bridgehead atoms. The molecule has 3 rings (SSSR count). The Morgan fingerprint density at radius 2 is 1.95 bits per heavy atom. The third-order valence-corrected chi connectivity index (χ3v) is 4.85. The van der Waals surface area contributed by atoms with E-state index in [-0.39, 0.29) is 5.91 Å². The smallest absolute Gasteiger partial charge is 0.272 e. The van der Waals surface area contributed by atoms with Crippen LogP contribution < -0.4 is 0 Å². The Balaban J connectivity index is 1.79. The number of hydrogen-bond donors (Lipinski definition) is 0. The number of pyridine rings is 1. The summed E-state index contributed by atoms with van der Waals surface area (Å²) in [5.41, 5.74) is 1.44. The molecule has 1 fully saturated rings. The molecule has 0 atom stereocenters. The summed E-state index contributed by atoms with van der Waals surface area (Å²) >= 11 is 3.52. The van der Waals surface area contributed by atoms with Crippen molar-refractivity contribution in [2.75, 3.05) is 18.4 Å². The highest BCUT2D eigenvalue weighted by Crippen LogP contribution is 2.21. The number of carbonyl (C=O) groups excluding carboxylic acids is 1. The van der Waals surface area contributed by atoms with Gasteiger partial charge in [-0.3, -0.25) is 4.79 Å². The number of nitrogens with zero attached hydrogens (tertiary/aromatic N) is 2. The van der Waals surface area contributed by atoms with E-state index in [0.29, 0.717) is 11.6 Å². The van der Waals surface area contributed by atoms with Gasteiger partial charge in [0.2, 0.25) is 0 Å². The second-order valence-corrected chi connectivity index (χ2v) is 5.93. The van der Waals surface area contributed by atoms with Gasteiger partial charge in [-0.1, -0.05) is 40.2 Å². The molecule has 2 heterocycles. The summed E-state index contributed by atoms with van der Waals surface area (Å²) in [5.74, 6) is 0.757. The van der Waals surface area contributed by atoms with Crippen LogP contribution in [0.3, 0.4) is 0 Å². The van der Waals surface area contributed by atoms with Crippen LogP contribution in [0, 0.1) is 5.92 Å². The van der Waals surface area contributed by atoms with E-state index in [0.717, 1.165) is 42.2 Å². The number of aromatic nitrogens is 1. The van der Waals surface area contributed by atoms with E-state index < -0.39 is 0 Å². The minimum absolute atomic E-state index is 0.0591. The maximum absolute atomic E-state index is 12.5. The highest BCUT2D eigenvalue weighted by Gasteiger charge is 2.23. The van der Waals surface area contributed by atoms with Gasteiger partial charge in [0.25, 0.3) is 5.91 Å². The number of fused-ring (bicyclic) bond motifs is 1. The topological polar surface area (TPSA) is 33.2 Å². The third-order valence-electron chi connectivity index (χ3n) is 3.94. The second-order valence-electron chi connectivity index (χ2n) is 5.28. The summed E-state index contributed by atoms with van der Waals surface area (Å²) in [7, 11) is 0. The lowest BCUT2D eigenvalue weighted by Gasteiger charge is -2.31. The molecule has 0 N–H and O–H groups in total. The van der Waals surface area contributed by atoms with Crippen LogP contribution in [0.2, 0.25) is 0 Å². The first-order chi connectivity index (χ1) is 9.78. The molecule has 1 aromatic carbocycles. The molecule has 0 unspecified atom stereocenters. The van der Waals surface area contributed by atoms with Gasteiger partial charge in [0, 0.05) is 23.8 Å². The van der Waals surface area contributed by atoms with Crippen molar-refractivity contribution in [1.29, 1.82) is 0 Å². The van der Waals surface area contributed by atoms with Crippen molar-refractivity contribution >= 4 is 32.7 Å². The van der Waals surface area contributed by atoms with Gasteiger partial charge >= 0.3 is 0 Å². The molecule has 0 aliphatic carbocycles. The summed E-state index contributed by atoms with van der Waals surface area (Å²) in [4.78, 5) is 18.9.